The number of hydrogen-bond acceptors (Lipinski definition) is 6. The fourth-order valence-corrected chi connectivity index (χ4v) is 4.77. The van der Waals surface area contributed by atoms with Gasteiger partial charge < -0.3 is 8.92 Å². The van der Waals surface area contributed by atoms with Crippen LogP contribution in [0.2, 0.25) is 0 Å². The van der Waals surface area contributed by atoms with E-state index in [4.69, 9.17) is 19.0 Å². The Morgan fingerprint density at radius 1 is 0.816 bits per heavy atom. The molecule has 0 amide bonds. The van der Waals surface area contributed by atoms with E-state index >= 15 is 0 Å². The first-order valence-corrected chi connectivity index (χ1v) is 13.5. The van der Waals surface area contributed by atoms with Crippen molar-refractivity contribution in [1.82, 2.24) is 9.78 Å². The molecule has 5 aromatic rings. The average Bonchev–Trinajstić information content (AvgIpc) is 3.39. The van der Waals surface area contributed by atoms with E-state index in [2.05, 4.69) is 0 Å². The molecular weight excluding hydrogens is 498 g/mol. The number of ether oxygens (including phenoxy) is 1. The molecule has 1 aromatic heterocycles. The lowest BCUT2D eigenvalue weighted by Gasteiger charge is -2.12. The molecule has 0 radical (unpaired) electrons. The minimum absolute atomic E-state index is 0.0662. The van der Waals surface area contributed by atoms with Crippen LogP contribution in [-0.4, -0.2) is 31.0 Å². The third-order valence-corrected chi connectivity index (χ3v) is 6.85. The van der Waals surface area contributed by atoms with Gasteiger partial charge in [-0.25, -0.2) is 9.67 Å². The highest BCUT2D eigenvalue weighted by Gasteiger charge is 2.19. The number of nitrogens with zero attached hydrogens (tertiary/aromatic N) is 3. The second kappa shape index (κ2) is 11.1. The van der Waals surface area contributed by atoms with E-state index in [0.717, 1.165) is 16.9 Å². The van der Waals surface area contributed by atoms with E-state index in [0.29, 0.717) is 23.7 Å². The summed E-state index contributed by atoms with van der Waals surface area (Å²) >= 11 is 0. The Bertz CT molecular complexity index is 1650. The van der Waals surface area contributed by atoms with Crippen LogP contribution in [0.25, 0.3) is 16.9 Å². The molecule has 0 fully saturated rings. The topological polar surface area (TPSA) is 82.8 Å². The lowest BCUT2D eigenvalue weighted by atomic mass is 10.1. The van der Waals surface area contributed by atoms with Gasteiger partial charge in [0.15, 0.2) is 17.3 Å². The normalized spacial score (nSPS) is 11.5. The SMILES string of the molecule is CCOc1cc(/C=N/c2cc(-c3ccccc3)nn2-c2ccccc2)ccc1OS(=O)(=O)c1ccccc1. The van der Waals surface area contributed by atoms with Crippen molar-refractivity contribution in [2.45, 2.75) is 11.8 Å². The molecule has 7 nitrogen and oxygen atoms in total. The third kappa shape index (κ3) is 5.66. The fourth-order valence-electron chi connectivity index (χ4n) is 3.81. The standard InChI is InChI=1S/C30H25N3O4S/c1-2-36-29-20-23(18-19-28(29)37-38(34,35)26-16-10-5-11-17-26)22-31-30-21-27(24-12-6-3-7-13-24)32-33(30)25-14-8-4-9-15-25/h3-22H,2H2,1H3/b31-22+. The zero-order valence-corrected chi connectivity index (χ0v) is 21.5. The molecular formula is C30H25N3O4S. The Kier molecular flexibility index (Phi) is 7.33. The number of para-hydroxylation sites is 1. The van der Waals surface area contributed by atoms with Crippen LogP contribution in [0.5, 0.6) is 11.5 Å². The van der Waals surface area contributed by atoms with Gasteiger partial charge in [0.25, 0.3) is 0 Å². The van der Waals surface area contributed by atoms with E-state index in [-0.39, 0.29) is 10.6 Å². The summed E-state index contributed by atoms with van der Waals surface area (Å²) in [7, 11) is -4.01. The fraction of sp³-hybridized carbons (Fsp3) is 0.0667. The van der Waals surface area contributed by atoms with Gasteiger partial charge in [0, 0.05) is 17.8 Å². The second-order valence-corrected chi connectivity index (χ2v) is 9.80. The van der Waals surface area contributed by atoms with Gasteiger partial charge in [-0.15, -0.1) is 0 Å². The quantitative estimate of drug-likeness (QED) is 0.164. The Hall–Kier alpha value is -4.69. The lowest BCUT2D eigenvalue weighted by molar-refractivity contribution is 0.327. The summed E-state index contributed by atoms with van der Waals surface area (Å²) in [4.78, 5) is 4.78. The number of aromatic nitrogens is 2. The van der Waals surface area contributed by atoms with E-state index in [1.165, 1.54) is 12.1 Å². The third-order valence-electron chi connectivity index (χ3n) is 5.61. The van der Waals surface area contributed by atoms with Crippen molar-refractivity contribution in [3.63, 3.8) is 0 Å². The highest BCUT2D eigenvalue weighted by atomic mass is 32.2. The Balaban J connectivity index is 1.47. The van der Waals surface area contributed by atoms with E-state index < -0.39 is 10.1 Å². The van der Waals surface area contributed by atoms with Crippen LogP contribution in [0.1, 0.15) is 12.5 Å². The zero-order chi connectivity index (χ0) is 26.4. The van der Waals surface area contributed by atoms with Gasteiger partial charge in [-0.1, -0.05) is 66.7 Å². The van der Waals surface area contributed by atoms with Gasteiger partial charge in [-0.05, 0) is 55.0 Å². The monoisotopic (exact) mass is 523 g/mol. The van der Waals surface area contributed by atoms with Gasteiger partial charge in [0.05, 0.1) is 18.0 Å². The molecule has 0 unspecified atom stereocenters. The van der Waals surface area contributed by atoms with Crippen molar-refractivity contribution in [2.75, 3.05) is 6.61 Å². The smallest absolute Gasteiger partial charge is 0.339 e. The van der Waals surface area contributed by atoms with Gasteiger partial charge in [-0.3, -0.25) is 0 Å². The molecule has 8 heteroatoms. The van der Waals surface area contributed by atoms with Crippen LogP contribution in [0.15, 0.2) is 125 Å². The molecule has 0 bridgehead atoms. The molecule has 0 saturated carbocycles. The highest BCUT2D eigenvalue weighted by Crippen LogP contribution is 2.32. The number of aliphatic imine (C=N–C) groups is 1. The molecule has 0 aliphatic carbocycles. The average molecular weight is 524 g/mol. The predicted octanol–water partition coefficient (Wildman–Crippen LogP) is 6.46. The molecule has 4 aromatic carbocycles. The summed E-state index contributed by atoms with van der Waals surface area (Å²) in [5, 5.41) is 4.78. The van der Waals surface area contributed by atoms with Crippen LogP contribution in [0.4, 0.5) is 5.82 Å². The van der Waals surface area contributed by atoms with Gasteiger partial charge in [0.1, 0.15) is 4.90 Å². The van der Waals surface area contributed by atoms with E-state index in [1.54, 1.807) is 47.3 Å². The van der Waals surface area contributed by atoms with Crippen LogP contribution < -0.4 is 8.92 Å². The van der Waals surface area contributed by atoms with Crippen molar-refractivity contribution in [1.29, 1.82) is 0 Å². The summed E-state index contributed by atoms with van der Waals surface area (Å²) in [6.07, 6.45) is 1.68. The molecule has 5 rings (SSSR count). The first-order chi connectivity index (χ1) is 18.5. The van der Waals surface area contributed by atoms with Crippen molar-refractivity contribution in [3.05, 3.63) is 121 Å². The van der Waals surface area contributed by atoms with Crippen molar-refractivity contribution in [2.24, 2.45) is 4.99 Å². The maximum atomic E-state index is 12.7. The summed E-state index contributed by atoms with van der Waals surface area (Å²) in [6, 6.07) is 34.6. The van der Waals surface area contributed by atoms with Gasteiger partial charge in [0.2, 0.25) is 0 Å². The molecule has 0 N–H and O–H groups in total. The molecule has 0 spiro atoms. The largest absolute Gasteiger partial charge is 0.490 e. The Morgan fingerprint density at radius 2 is 1.47 bits per heavy atom. The van der Waals surface area contributed by atoms with Gasteiger partial charge >= 0.3 is 10.1 Å². The molecule has 0 aliphatic rings. The first-order valence-electron chi connectivity index (χ1n) is 12.0. The zero-order valence-electron chi connectivity index (χ0n) is 20.6. The maximum absolute atomic E-state index is 12.7. The molecule has 0 saturated heterocycles. The first kappa shape index (κ1) is 25.0. The van der Waals surface area contributed by atoms with Crippen molar-refractivity contribution >= 4 is 22.2 Å². The van der Waals surface area contributed by atoms with Crippen LogP contribution >= 0.6 is 0 Å². The summed E-state index contributed by atoms with van der Waals surface area (Å²) in [5.74, 6) is 1.05. The maximum Gasteiger partial charge on any atom is 0.339 e. The van der Waals surface area contributed by atoms with Gasteiger partial charge in [-0.2, -0.15) is 13.5 Å². The minimum Gasteiger partial charge on any atom is -0.490 e. The van der Waals surface area contributed by atoms with E-state index in [9.17, 15) is 8.42 Å². The molecule has 38 heavy (non-hydrogen) atoms. The van der Waals surface area contributed by atoms with Crippen LogP contribution in [0.3, 0.4) is 0 Å². The van der Waals surface area contributed by atoms with Crippen LogP contribution in [-0.2, 0) is 10.1 Å². The Morgan fingerprint density at radius 3 is 2.16 bits per heavy atom. The molecule has 0 atom stereocenters. The highest BCUT2D eigenvalue weighted by molar-refractivity contribution is 7.87. The lowest BCUT2D eigenvalue weighted by Crippen LogP contribution is -2.10. The van der Waals surface area contributed by atoms with Crippen molar-refractivity contribution < 1.29 is 17.3 Å². The van der Waals surface area contributed by atoms with Crippen LogP contribution in [0, 0.1) is 0 Å². The van der Waals surface area contributed by atoms with E-state index in [1.807, 2.05) is 73.7 Å². The number of rotatable bonds is 9. The molecule has 1 heterocycles. The summed E-state index contributed by atoms with van der Waals surface area (Å²) in [6.45, 7) is 2.16. The number of benzene rings is 4. The summed E-state index contributed by atoms with van der Waals surface area (Å²) in [5.41, 5.74) is 3.37. The van der Waals surface area contributed by atoms with Crippen molar-refractivity contribution in [3.8, 4) is 28.4 Å². The summed E-state index contributed by atoms with van der Waals surface area (Å²) < 4.78 is 38.4. The second-order valence-electron chi connectivity index (χ2n) is 8.25. The minimum atomic E-state index is -4.01. The number of hydrogen-bond donors (Lipinski definition) is 0. The Labute approximate surface area is 221 Å². The predicted molar refractivity (Wildman–Crippen MR) is 148 cm³/mol. The molecule has 190 valence electrons. The molecule has 0 aliphatic heterocycles.